The summed E-state index contributed by atoms with van der Waals surface area (Å²) in [6.45, 7) is 5.88. The number of aromatic nitrogens is 1. The molecule has 3 aromatic carbocycles. The minimum absolute atomic E-state index is 0.183. The van der Waals surface area contributed by atoms with Crippen LogP contribution in [0.3, 0.4) is 0 Å². The molecule has 4 aromatic rings. The second-order valence-electron chi connectivity index (χ2n) is 6.87. The van der Waals surface area contributed by atoms with E-state index < -0.39 is 0 Å². The third-order valence-electron chi connectivity index (χ3n) is 5.07. The molecule has 0 radical (unpaired) electrons. The van der Waals surface area contributed by atoms with Crippen molar-refractivity contribution >= 4 is 21.5 Å². The molecule has 1 heterocycles. The third-order valence-corrected chi connectivity index (χ3v) is 5.07. The molecule has 0 spiro atoms. The van der Waals surface area contributed by atoms with E-state index in [-0.39, 0.29) is 11.5 Å². The van der Waals surface area contributed by atoms with E-state index in [0.717, 1.165) is 44.2 Å². The molecule has 4 heteroatoms. The Balaban J connectivity index is 2.21. The molecule has 2 N–H and O–H groups in total. The highest BCUT2D eigenvalue weighted by Crippen LogP contribution is 2.44. The average molecular weight is 359 g/mol. The van der Waals surface area contributed by atoms with Crippen molar-refractivity contribution in [1.29, 1.82) is 0 Å². The quantitative estimate of drug-likeness (QED) is 0.503. The Morgan fingerprint density at radius 1 is 0.852 bits per heavy atom. The number of methoxy groups -OCH3 is 1. The van der Waals surface area contributed by atoms with Gasteiger partial charge in [0, 0.05) is 16.8 Å². The molecule has 0 aliphatic carbocycles. The van der Waals surface area contributed by atoms with Crippen LogP contribution in [0.15, 0.2) is 42.5 Å². The van der Waals surface area contributed by atoms with Crippen LogP contribution in [0.5, 0.6) is 17.2 Å². The largest absolute Gasteiger partial charge is 0.507 e. The van der Waals surface area contributed by atoms with Crippen LogP contribution >= 0.6 is 0 Å². The van der Waals surface area contributed by atoms with Gasteiger partial charge in [-0.25, -0.2) is 0 Å². The minimum atomic E-state index is 0.183. The van der Waals surface area contributed by atoms with Crippen LogP contribution < -0.4 is 4.74 Å². The first-order valence-electron chi connectivity index (χ1n) is 8.82. The topological polar surface area (TPSA) is 62.6 Å². The van der Waals surface area contributed by atoms with Gasteiger partial charge in [-0.05, 0) is 72.5 Å². The second-order valence-corrected chi connectivity index (χ2v) is 6.87. The molecule has 27 heavy (non-hydrogen) atoms. The number of hydrogen-bond acceptors (Lipinski definition) is 4. The Bertz CT molecular complexity index is 1210. The number of aromatic hydroxyl groups is 2. The molecule has 1 aromatic heterocycles. The van der Waals surface area contributed by atoms with Gasteiger partial charge >= 0.3 is 0 Å². The van der Waals surface area contributed by atoms with Gasteiger partial charge in [0.15, 0.2) is 0 Å². The highest BCUT2D eigenvalue weighted by molar-refractivity contribution is 6.11. The summed E-state index contributed by atoms with van der Waals surface area (Å²) in [7, 11) is 1.61. The van der Waals surface area contributed by atoms with Gasteiger partial charge in [-0.15, -0.1) is 0 Å². The molecular weight excluding hydrogens is 338 g/mol. The van der Waals surface area contributed by atoms with Gasteiger partial charge in [-0.2, -0.15) is 0 Å². The zero-order chi connectivity index (χ0) is 19.3. The van der Waals surface area contributed by atoms with Crippen molar-refractivity contribution in [1.82, 2.24) is 4.98 Å². The molecule has 0 saturated carbocycles. The first kappa shape index (κ1) is 17.2. The maximum atomic E-state index is 10.5. The van der Waals surface area contributed by atoms with Crippen molar-refractivity contribution in [3.63, 3.8) is 0 Å². The number of benzene rings is 3. The summed E-state index contributed by atoms with van der Waals surface area (Å²) in [6.07, 6.45) is 0. The van der Waals surface area contributed by atoms with Crippen LogP contribution in [0.25, 0.3) is 32.7 Å². The molecule has 4 nitrogen and oxygen atoms in total. The van der Waals surface area contributed by atoms with E-state index >= 15 is 0 Å². The van der Waals surface area contributed by atoms with Crippen LogP contribution in [-0.2, 0) is 0 Å². The summed E-state index contributed by atoms with van der Waals surface area (Å²) in [4.78, 5) is 4.50. The van der Waals surface area contributed by atoms with Gasteiger partial charge in [0.05, 0.1) is 12.5 Å². The molecule has 0 amide bonds. The number of nitrogens with zero attached hydrogens (tertiary/aromatic N) is 1. The maximum Gasteiger partial charge on any atom is 0.130 e. The number of fused-ring (bicyclic) bond motifs is 2. The van der Waals surface area contributed by atoms with Crippen molar-refractivity contribution in [3.05, 3.63) is 59.4 Å². The molecule has 0 unspecified atom stereocenters. The van der Waals surface area contributed by atoms with Crippen molar-refractivity contribution in [2.24, 2.45) is 0 Å². The Labute approximate surface area is 157 Å². The number of phenols is 2. The molecule has 136 valence electrons. The monoisotopic (exact) mass is 359 g/mol. The predicted octanol–water partition coefficient (Wildman–Crippen LogP) is 5.40. The van der Waals surface area contributed by atoms with E-state index in [1.54, 1.807) is 19.2 Å². The van der Waals surface area contributed by atoms with E-state index in [2.05, 4.69) is 4.98 Å². The lowest BCUT2D eigenvalue weighted by Crippen LogP contribution is -1.95. The molecule has 0 aliphatic rings. The van der Waals surface area contributed by atoms with Gasteiger partial charge in [-0.1, -0.05) is 18.2 Å². The Kier molecular flexibility index (Phi) is 3.92. The number of rotatable bonds is 2. The van der Waals surface area contributed by atoms with Gasteiger partial charge in [0.25, 0.3) is 0 Å². The number of pyridine rings is 1. The van der Waals surface area contributed by atoms with Crippen molar-refractivity contribution in [2.75, 3.05) is 7.11 Å². The van der Waals surface area contributed by atoms with E-state index in [1.807, 2.05) is 51.1 Å². The van der Waals surface area contributed by atoms with E-state index in [9.17, 15) is 10.2 Å². The zero-order valence-corrected chi connectivity index (χ0v) is 15.8. The zero-order valence-electron chi connectivity index (χ0n) is 15.8. The van der Waals surface area contributed by atoms with Crippen LogP contribution in [-0.4, -0.2) is 22.3 Å². The molecule has 0 aliphatic heterocycles. The standard InChI is InChI=1S/C23H21NO3/c1-12-10-20(27-4)23-16(6-5-7-18(23)25)21(12)15-8-9-19(26)22-14(3)24-13(2)11-17(15)22/h5-11,25-26H,1-4H3. The number of ether oxygens (including phenoxy) is 1. The number of phenolic OH excluding ortho intramolecular Hbond substituents is 2. The molecule has 0 atom stereocenters. The fourth-order valence-electron chi connectivity index (χ4n) is 4.00. The summed E-state index contributed by atoms with van der Waals surface area (Å²) < 4.78 is 5.51. The predicted molar refractivity (Wildman–Crippen MR) is 109 cm³/mol. The molecule has 0 fully saturated rings. The summed E-state index contributed by atoms with van der Waals surface area (Å²) in [5, 5.41) is 24.2. The Morgan fingerprint density at radius 2 is 1.59 bits per heavy atom. The normalized spacial score (nSPS) is 11.3. The summed E-state index contributed by atoms with van der Waals surface area (Å²) in [5.74, 6) is 1.04. The van der Waals surface area contributed by atoms with E-state index in [1.165, 1.54) is 0 Å². The molecule has 4 rings (SSSR count). The Hall–Kier alpha value is -3.27. The minimum Gasteiger partial charge on any atom is -0.507 e. The first-order chi connectivity index (χ1) is 12.9. The van der Waals surface area contributed by atoms with Crippen LogP contribution in [0.1, 0.15) is 17.0 Å². The first-order valence-corrected chi connectivity index (χ1v) is 8.82. The fourth-order valence-corrected chi connectivity index (χ4v) is 4.00. The van der Waals surface area contributed by atoms with Gasteiger partial charge in [-0.3, -0.25) is 4.98 Å². The lowest BCUT2D eigenvalue weighted by atomic mass is 9.89. The van der Waals surface area contributed by atoms with Gasteiger partial charge in [0.2, 0.25) is 0 Å². The van der Waals surface area contributed by atoms with Crippen LogP contribution in [0.4, 0.5) is 0 Å². The average Bonchev–Trinajstić information content (AvgIpc) is 2.61. The lowest BCUT2D eigenvalue weighted by Gasteiger charge is -2.18. The third kappa shape index (κ3) is 2.56. The van der Waals surface area contributed by atoms with Gasteiger partial charge < -0.3 is 14.9 Å². The summed E-state index contributed by atoms with van der Waals surface area (Å²) in [6, 6.07) is 13.1. The highest BCUT2D eigenvalue weighted by atomic mass is 16.5. The molecule has 0 saturated heterocycles. The summed E-state index contributed by atoms with van der Waals surface area (Å²) in [5.41, 5.74) is 4.72. The molecular formula is C23H21NO3. The molecule has 0 bridgehead atoms. The fraction of sp³-hybridized carbons (Fsp3) is 0.174. The number of aryl methyl sites for hydroxylation is 3. The van der Waals surface area contributed by atoms with Gasteiger partial charge in [0.1, 0.15) is 17.2 Å². The Morgan fingerprint density at radius 3 is 2.33 bits per heavy atom. The highest BCUT2D eigenvalue weighted by Gasteiger charge is 2.18. The SMILES string of the molecule is COc1cc(C)c(-c2ccc(O)c3c(C)nc(C)cc23)c2cccc(O)c12. The summed E-state index contributed by atoms with van der Waals surface area (Å²) >= 11 is 0. The van der Waals surface area contributed by atoms with Crippen molar-refractivity contribution in [3.8, 4) is 28.4 Å². The van der Waals surface area contributed by atoms with E-state index in [4.69, 9.17) is 4.74 Å². The van der Waals surface area contributed by atoms with Crippen LogP contribution in [0, 0.1) is 20.8 Å². The van der Waals surface area contributed by atoms with E-state index in [0.29, 0.717) is 11.1 Å². The lowest BCUT2D eigenvalue weighted by molar-refractivity contribution is 0.416. The van der Waals surface area contributed by atoms with Crippen molar-refractivity contribution < 1.29 is 14.9 Å². The van der Waals surface area contributed by atoms with Crippen molar-refractivity contribution in [2.45, 2.75) is 20.8 Å². The maximum absolute atomic E-state index is 10.5. The smallest absolute Gasteiger partial charge is 0.130 e. The second kappa shape index (κ2) is 6.16. The van der Waals surface area contributed by atoms with Crippen LogP contribution in [0.2, 0.25) is 0 Å². The number of hydrogen-bond donors (Lipinski definition) is 2.